The Labute approximate surface area is 106 Å². The van der Waals surface area contributed by atoms with Gasteiger partial charge in [0.15, 0.2) is 0 Å². The number of hydrogen-bond donors (Lipinski definition) is 0. The summed E-state index contributed by atoms with van der Waals surface area (Å²) in [5.74, 6) is 0. The van der Waals surface area contributed by atoms with Crippen LogP contribution in [0.3, 0.4) is 0 Å². The topological polar surface area (TPSA) is 0 Å². The number of nitrogens with zero attached hydrogens (tertiary/aromatic N) is 1. The summed E-state index contributed by atoms with van der Waals surface area (Å²) in [4.78, 5) is 0. The smallest absolute Gasteiger partial charge is 0.139 e. The zero-order valence-corrected chi connectivity index (χ0v) is 11.8. The molecule has 0 N–H and O–H groups in total. The molecular formula is C16H26N+. The first-order valence-corrected chi connectivity index (χ1v) is 6.57. The van der Waals surface area contributed by atoms with E-state index in [1.165, 1.54) is 42.5 Å². The van der Waals surface area contributed by atoms with Crippen LogP contribution in [0.2, 0.25) is 0 Å². The van der Waals surface area contributed by atoms with Crippen LogP contribution < -0.4 is 4.48 Å². The van der Waals surface area contributed by atoms with E-state index >= 15 is 0 Å². The molecule has 1 rings (SSSR count). The van der Waals surface area contributed by atoms with Gasteiger partial charge < -0.3 is 0 Å². The maximum absolute atomic E-state index is 3.98. The first kappa shape index (κ1) is 14.0. The van der Waals surface area contributed by atoms with E-state index in [1.54, 1.807) is 0 Å². The van der Waals surface area contributed by atoms with Gasteiger partial charge in [-0.1, -0.05) is 44.6 Å². The zero-order chi connectivity index (χ0) is 12.9. The van der Waals surface area contributed by atoms with Crippen LogP contribution in [-0.4, -0.2) is 21.1 Å². The molecule has 1 aromatic rings. The van der Waals surface area contributed by atoms with Gasteiger partial charge in [-0.15, -0.1) is 0 Å². The minimum absolute atomic E-state index is 0.850. The first-order valence-electron chi connectivity index (χ1n) is 6.57. The molecule has 0 spiro atoms. The third-order valence-electron chi connectivity index (χ3n) is 3.15. The van der Waals surface area contributed by atoms with Gasteiger partial charge in [0.05, 0.1) is 21.1 Å². The fourth-order valence-corrected chi connectivity index (χ4v) is 2.20. The van der Waals surface area contributed by atoms with Crippen molar-refractivity contribution in [3.63, 3.8) is 0 Å². The highest BCUT2D eigenvalue weighted by Gasteiger charge is 2.17. The molecule has 0 aliphatic heterocycles. The quantitative estimate of drug-likeness (QED) is 0.508. The minimum atomic E-state index is 0.850. The van der Waals surface area contributed by atoms with Gasteiger partial charge >= 0.3 is 0 Å². The van der Waals surface area contributed by atoms with Crippen molar-refractivity contribution in [3.05, 3.63) is 35.9 Å². The number of hydrogen-bond acceptors (Lipinski definition) is 0. The van der Waals surface area contributed by atoms with E-state index in [-0.39, 0.29) is 0 Å². The highest BCUT2D eigenvalue weighted by molar-refractivity contribution is 5.67. The predicted octanol–water partition coefficient (Wildman–Crippen LogP) is 4.26. The van der Waals surface area contributed by atoms with Crippen molar-refractivity contribution in [2.45, 2.75) is 32.6 Å². The van der Waals surface area contributed by atoms with Crippen LogP contribution in [0.1, 0.15) is 37.3 Å². The van der Waals surface area contributed by atoms with Crippen LogP contribution in [0, 0.1) is 0 Å². The lowest BCUT2D eigenvalue weighted by atomic mass is 9.99. The lowest BCUT2D eigenvalue weighted by Gasteiger charge is -2.26. The van der Waals surface area contributed by atoms with Crippen molar-refractivity contribution in [3.8, 4) is 0 Å². The average molecular weight is 232 g/mol. The third kappa shape index (κ3) is 3.71. The Morgan fingerprint density at radius 3 is 2.41 bits per heavy atom. The summed E-state index contributed by atoms with van der Waals surface area (Å²) in [6, 6.07) is 6.62. The summed E-state index contributed by atoms with van der Waals surface area (Å²) in [6.45, 7) is 6.23. The summed E-state index contributed by atoms with van der Waals surface area (Å²) < 4.78 is 0.850. The van der Waals surface area contributed by atoms with Gasteiger partial charge in [-0.2, -0.15) is 0 Å². The highest BCUT2D eigenvalue weighted by Crippen LogP contribution is 2.28. The molecule has 0 aromatic heterocycles. The Kier molecular flexibility index (Phi) is 4.95. The Morgan fingerprint density at radius 1 is 1.18 bits per heavy atom. The zero-order valence-electron chi connectivity index (χ0n) is 11.8. The van der Waals surface area contributed by atoms with Gasteiger partial charge in [0.25, 0.3) is 0 Å². The molecule has 0 bridgehead atoms. The van der Waals surface area contributed by atoms with E-state index in [2.05, 4.69) is 52.8 Å². The lowest BCUT2D eigenvalue weighted by Crippen LogP contribution is -2.35. The van der Waals surface area contributed by atoms with Gasteiger partial charge in [0.2, 0.25) is 0 Å². The number of rotatable bonds is 6. The molecule has 1 heteroatoms. The van der Waals surface area contributed by atoms with E-state index in [1.807, 2.05) is 6.08 Å². The Morgan fingerprint density at radius 2 is 1.88 bits per heavy atom. The van der Waals surface area contributed by atoms with Crippen molar-refractivity contribution in [1.82, 2.24) is 4.48 Å². The monoisotopic (exact) mass is 232 g/mol. The fraction of sp³-hybridized carbons (Fsp3) is 0.500. The molecule has 0 saturated heterocycles. The van der Waals surface area contributed by atoms with Crippen LogP contribution >= 0.6 is 0 Å². The van der Waals surface area contributed by atoms with Crippen molar-refractivity contribution in [2.75, 3.05) is 21.1 Å². The van der Waals surface area contributed by atoms with Crippen LogP contribution in [0.15, 0.2) is 24.8 Å². The molecule has 1 aromatic carbocycles. The molecule has 0 unspecified atom stereocenters. The largest absolute Gasteiger partial charge is 0.298 e. The van der Waals surface area contributed by atoms with Crippen LogP contribution in [0.4, 0.5) is 5.69 Å². The molecule has 94 valence electrons. The Hall–Kier alpha value is -1.08. The fourth-order valence-electron chi connectivity index (χ4n) is 2.20. The van der Waals surface area contributed by atoms with E-state index in [0.29, 0.717) is 0 Å². The predicted molar refractivity (Wildman–Crippen MR) is 79.3 cm³/mol. The molecule has 1 nitrogen and oxygen atoms in total. The van der Waals surface area contributed by atoms with E-state index < -0.39 is 0 Å². The molecule has 0 aliphatic carbocycles. The number of benzene rings is 1. The van der Waals surface area contributed by atoms with Gasteiger partial charge in [-0.3, -0.25) is 4.48 Å². The maximum Gasteiger partial charge on any atom is 0.139 e. The van der Waals surface area contributed by atoms with Crippen molar-refractivity contribution in [1.29, 1.82) is 0 Å². The van der Waals surface area contributed by atoms with E-state index in [9.17, 15) is 0 Å². The first-order chi connectivity index (χ1) is 8.00. The third-order valence-corrected chi connectivity index (χ3v) is 3.15. The molecule has 0 amide bonds. The van der Waals surface area contributed by atoms with Crippen LogP contribution in [0.25, 0.3) is 6.08 Å². The summed E-state index contributed by atoms with van der Waals surface area (Å²) in [7, 11) is 6.62. The minimum Gasteiger partial charge on any atom is -0.298 e. The number of quaternary nitrogens is 1. The van der Waals surface area contributed by atoms with Gasteiger partial charge in [0.1, 0.15) is 5.69 Å². The second-order valence-electron chi connectivity index (χ2n) is 5.52. The molecule has 0 fully saturated rings. The molecular weight excluding hydrogens is 206 g/mol. The van der Waals surface area contributed by atoms with Crippen molar-refractivity contribution in [2.24, 2.45) is 0 Å². The molecule has 0 saturated carbocycles. The molecule has 0 atom stereocenters. The normalized spacial score (nSPS) is 11.5. The van der Waals surface area contributed by atoms with E-state index in [4.69, 9.17) is 0 Å². The van der Waals surface area contributed by atoms with Gasteiger partial charge in [-0.05, 0) is 24.5 Å². The van der Waals surface area contributed by atoms with Crippen molar-refractivity contribution >= 4 is 11.8 Å². The summed E-state index contributed by atoms with van der Waals surface area (Å²) >= 11 is 0. The maximum atomic E-state index is 3.98. The standard InChI is InChI=1S/C16H26N/c1-6-8-9-11-14-12-10-13-16(15(14)7-2)17(3,4)5/h7,10,12-13H,2,6,8-9,11H2,1,3-5H3/q+1. The van der Waals surface area contributed by atoms with E-state index in [0.717, 1.165) is 4.48 Å². The van der Waals surface area contributed by atoms with Gasteiger partial charge in [0, 0.05) is 5.56 Å². The second kappa shape index (κ2) is 6.02. The number of unbranched alkanes of at least 4 members (excludes halogenated alkanes) is 2. The van der Waals surface area contributed by atoms with Gasteiger partial charge in [-0.25, -0.2) is 0 Å². The molecule has 0 radical (unpaired) electrons. The average Bonchev–Trinajstić information content (AvgIpc) is 2.28. The second-order valence-corrected chi connectivity index (χ2v) is 5.52. The summed E-state index contributed by atoms with van der Waals surface area (Å²) in [5.41, 5.74) is 4.13. The molecule has 0 heterocycles. The molecule has 0 aliphatic rings. The SMILES string of the molecule is C=Cc1c(CCCCC)cccc1[N+](C)(C)C. The van der Waals surface area contributed by atoms with Crippen LogP contribution in [-0.2, 0) is 6.42 Å². The highest BCUT2D eigenvalue weighted by atomic mass is 15.3. The molecule has 17 heavy (non-hydrogen) atoms. The summed E-state index contributed by atoms with van der Waals surface area (Å²) in [5, 5.41) is 0. The lowest BCUT2D eigenvalue weighted by molar-refractivity contribution is 0.485. The number of aryl methyl sites for hydroxylation is 1. The van der Waals surface area contributed by atoms with Crippen molar-refractivity contribution < 1.29 is 0 Å². The van der Waals surface area contributed by atoms with Crippen LogP contribution in [0.5, 0.6) is 0 Å². The summed E-state index contributed by atoms with van der Waals surface area (Å²) in [6.07, 6.45) is 7.05. The Balaban J connectivity index is 3.02. The Bertz CT molecular complexity index is 372.